The summed E-state index contributed by atoms with van der Waals surface area (Å²) in [5.74, 6) is 1.98. The van der Waals surface area contributed by atoms with E-state index in [9.17, 15) is 4.79 Å². The highest BCUT2D eigenvalue weighted by atomic mass is 16.5. The minimum atomic E-state index is -0.171. The number of ether oxygens (including phenoxy) is 1. The van der Waals surface area contributed by atoms with Gasteiger partial charge in [-0.25, -0.2) is 9.98 Å². The van der Waals surface area contributed by atoms with Gasteiger partial charge in [0.15, 0.2) is 5.96 Å². The van der Waals surface area contributed by atoms with E-state index in [0.717, 1.165) is 37.4 Å². The van der Waals surface area contributed by atoms with Crippen molar-refractivity contribution in [3.05, 3.63) is 17.3 Å². The molecule has 0 saturated carbocycles. The van der Waals surface area contributed by atoms with Gasteiger partial charge in [0, 0.05) is 19.5 Å². The molecule has 1 aromatic rings. The molecule has 2 N–H and O–H groups in total. The predicted molar refractivity (Wildman–Crippen MR) is 84.7 cm³/mol. The first kappa shape index (κ1) is 18.0. The van der Waals surface area contributed by atoms with Crippen molar-refractivity contribution in [1.29, 1.82) is 0 Å². The molecule has 1 aromatic heterocycles. The standard InChI is InChI=1S/C15H26N4O3/c1-5-16-15(17-9-7-6-8-14(20)21-4)18-10-13-19-11(2)12(3)22-13/h5-10H2,1-4H3,(H2,16,17,18). The highest BCUT2D eigenvalue weighted by Gasteiger charge is 2.05. The summed E-state index contributed by atoms with van der Waals surface area (Å²) in [5.41, 5.74) is 0.894. The summed E-state index contributed by atoms with van der Waals surface area (Å²) >= 11 is 0. The number of guanidine groups is 1. The van der Waals surface area contributed by atoms with Gasteiger partial charge in [-0.05, 0) is 33.6 Å². The second-order valence-corrected chi connectivity index (χ2v) is 4.90. The Bertz CT molecular complexity index is 477. The van der Waals surface area contributed by atoms with E-state index in [-0.39, 0.29) is 5.97 Å². The maximum absolute atomic E-state index is 11.0. The molecule has 0 aromatic carbocycles. The van der Waals surface area contributed by atoms with E-state index in [4.69, 9.17) is 4.42 Å². The average molecular weight is 310 g/mol. The van der Waals surface area contributed by atoms with Gasteiger partial charge >= 0.3 is 5.97 Å². The van der Waals surface area contributed by atoms with Gasteiger partial charge < -0.3 is 19.8 Å². The van der Waals surface area contributed by atoms with Gasteiger partial charge in [0.05, 0.1) is 12.8 Å². The number of aromatic nitrogens is 1. The van der Waals surface area contributed by atoms with Gasteiger partial charge in [-0.2, -0.15) is 0 Å². The number of methoxy groups -OCH3 is 1. The number of nitrogens with zero attached hydrogens (tertiary/aromatic N) is 2. The lowest BCUT2D eigenvalue weighted by molar-refractivity contribution is -0.140. The van der Waals surface area contributed by atoms with Crippen LogP contribution < -0.4 is 10.6 Å². The van der Waals surface area contributed by atoms with Gasteiger partial charge in [0.25, 0.3) is 0 Å². The van der Waals surface area contributed by atoms with Crippen LogP contribution in [0, 0.1) is 13.8 Å². The number of hydrogen-bond acceptors (Lipinski definition) is 5. The Hall–Kier alpha value is -2.05. The number of esters is 1. The number of unbranched alkanes of at least 4 members (excludes halogenated alkanes) is 1. The molecular formula is C15H26N4O3. The van der Waals surface area contributed by atoms with Crippen molar-refractivity contribution >= 4 is 11.9 Å². The monoisotopic (exact) mass is 310 g/mol. The van der Waals surface area contributed by atoms with Crippen molar-refractivity contribution in [2.45, 2.75) is 46.6 Å². The van der Waals surface area contributed by atoms with E-state index >= 15 is 0 Å². The molecule has 1 heterocycles. The molecule has 7 heteroatoms. The highest BCUT2D eigenvalue weighted by Crippen LogP contribution is 2.08. The number of aryl methyl sites for hydroxylation is 2. The number of rotatable bonds is 8. The number of hydrogen-bond donors (Lipinski definition) is 2. The molecule has 22 heavy (non-hydrogen) atoms. The topological polar surface area (TPSA) is 88.8 Å². The molecule has 0 amide bonds. The second-order valence-electron chi connectivity index (χ2n) is 4.90. The first-order valence-electron chi connectivity index (χ1n) is 7.58. The quantitative estimate of drug-likeness (QED) is 0.329. The summed E-state index contributed by atoms with van der Waals surface area (Å²) in [6.45, 7) is 7.72. The Balaban J connectivity index is 2.37. The second kappa shape index (κ2) is 9.81. The Kier molecular flexibility index (Phi) is 8.03. The number of carbonyl (C=O) groups is 1. The fourth-order valence-electron chi connectivity index (χ4n) is 1.80. The Morgan fingerprint density at radius 2 is 2.09 bits per heavy atom. The van der Waals surface area contributed by atoms with Crippen LogP contribution in [0.5, 0.6) is 0 Å². The van der Waals surface area contributed by atoms with E-state index < -0.39 is 0 Å². The Morgan fingerprint density at radius 1 is 1.32 bits per heavy atom. The third-order valence-corrected chi connectivity index (χ3v) is 3.12. The summed E-state index contributed by atoms with van der Waals surface area (Å²) in [5, 5.41) is 6.38. The molecule has 124 valence electrons. The highest BCUT2D eigenvalue weighted by molar-refractivity contribution is 5.79. The molecule has 0 atom stereocenters. The third kappa shape index (κ3) is 6.60. The van der Waals surface area contributed by atoms with E-state index in [2.05, 4.69) is 25.3 Å². The van der Waals surface area contributed by atoms with Crippen molar-refractivity contribution in [1.82, 2.24) is 15.6 Å². The van der Waals surface area contributed by atoms with Crippen LogP contribution in [-0.4, -0.2) is 37.1 Å². The summed E-state index contributed by atoms with van der Waals surface area (Å²) < 4.78 is 10.1. The molecule has 0 spiro atoms. The van der Waals surface area contributed by atoms with Crippen LogP contribution in [0.4, 0.5) is 0 Å². The molecular weight excluding hydrogens is 284 g/mol. The van der Waals surface area contributed by atoms with E-state index in [1.54, 1.807) is 0 Å². The normalized spacial score (nSPS) is 11.4. The summed E-state index contributed by atoms with van der Waals surface area (Å²) in [6, 6.07) is 0. The Morgan fingerprint density at radius 3 is 2.68 bits per heavy atom. The van der Waals surface area contributed by atoms with Crippen molar-refractivity contribution in [2.75, 3.05) is 20.2 Å². The maximum Gasteiger partial charge on any atom is 0.305 e. The van der Waals surface area contributed by atoms with Crippen LogP contribution in [-0.2, 0) is 16.1 Å². The lowest BCUT2D eigenvalue weighted by atomic mass is 10.2. The molecule has 0 aliphatic carbocycles. The van der Waals surface area contributed by atoms with Gasteiger partial charge in [-0.15, -0.1) is 0 Å². The first-order valence-corrected chi connectivity index (χ1v) is 7.58. The van der Waals surface area contributed by atoms with Crippen molar-refractivity contribution in [3.8, 4) is 0 Å². The molecule has 0 unspecified atom stereocenters. The minimum Gasteiger partial charge on any atom is -0.469 e. The molecule has 0 saturated heterocycles. The van der Waals surface area contributed by atoms with Crippen molar-refractivity contribution < 1.29 is 13.9 Å². The summed E-state index contributed by atoms with van der Waals surface area (Å²) in [4.78, 5) is 19.7. The molecule has 7 nitrogen and oxygen atoms in total. The van der Waals surface area contributed by atoms with Crippen LogP contribution in [0.2, 0.25) is 0 Å². The van der Waals surface area contributed by atoms with Gasteiger partial charge in [0.2, 0.25) is 5.89 Å². The number of nitrogens with one attached hydrogen (secondary N) is 2. The molecule has 0 aliphatic rings. The number of aliphatic imine (C=N–C) groups is 1. The van der Waals surface area contributed by atoms with Gasteiger partial charge in [-0.1, -0.05) is 0 Å². The molecule has 0 bridgehead atoms. The largest absolute Gasteiger partial charge is 0.469 e. The zero-order chi connectivity index (χ0) is 16.4. The lowest BCUT2D eigenvalue weighted by Gasteiger charge is -2.10. The van der Waals surface area contributed by atoms with Crippen LogP contribution >= 0.6 is 0 Å². The number of carbonyl (C=O) groups excluding carboxylic acids is 1. The van der Waals surface area contributed by atoms with Crippen LogP contribution in [0.1, 0.15) is 43.5 Å². The molecule has 0 aliphatic heterocycles. The first-order chi connectivity index (χ1) is 10.6. The predicted octanol–water partition coefficient (Wildman–Crippen LogP) is 1.69. The Labute approximate surface area is 131 Å². The van der Waals surface area contributed by atoms with Crippen molar-refractivity contribution in [3.63, 3.8) is 0 Å². The SMILES string of the molecule is CCNC(=NCc1nc(C)c(C)o1)NCCCCC(=O)OC. The molecule has 0 radical (unpaired) electrons. The van der Waals surface area contributed by atoms with Crippen molar-refractivity contribution in [2.24, 2.45) is 4.99 Å². The zero-order valence-corrected chi connectivity index (χ0v) is 13.9. The lowest BCUT2D eigenvalue weighted by Crippen LogP contribution is -2.37. The van der Waals surface area contributed by atoms with Crippen LogP contribution in [0.15, 0.2) is 9.41 Å². The average Bonchev–Trinajstić information content (AvgIpc) is 2.82. The fourth-order valence-corrected chi connectivity index (χ4v) is 1.80. The summed E-state index contributed by atoms with van der Waals surface area (Å²) in [7, 11) is 1.41. The third-order valence-electron chi connectivity index (χ3n) is 3.12. The maximum atomic E-state index is 11.0. The van der Waals surface area contributed by atoms with Crippen LogP contribution in [0.3, 0.4) is 0 Å². The smallest absolute Gasteiger partial charge is 0.305 e. The van der Waals surface area contributed by atoms with Gasteiger partial charge in [0.1, 0.15) is 12.3 Å². The minimum absolute atomic E-state index is 0.171. The van der Waals surface area contributed by atoms with E-state index in [1.807, 2.05) is 20.8 Å². The molecule has 1 rings (SSSR count). The van der Waals surface area contributed by atoms with Gasteiger partial charge in [-0.3, -0.25) is 4.79 Å². The zero-order valence-electron chi connectivity index (χ0n) is 13.9. The van der Waals surface area contributed by atoms with E-state index in [0.29, 0.717) is 24.8 Å². The molecule has 0 fully saturated rings. The van der Waals surface area contributed by atoms with E-state index in [1.165, 1.54) is 7.11 Å². The summed E-state index contributed by atoms with van der Waals surface area (Å²) in [6.07, 6.45) is 2.11. The van der Waals surface area contributed by atoms with Crippen LogP contribution in [0.25, 0.3) is 0 Å². The fraction of sp³-hybridized carbons (Fsp3) is 0.667. The number of oxazole rings is 1.